The molecule has 1 aliphatic rings. The summed E-state index contributed by atoms with van der Waals surface area (Å²) in [6, 6.07) is 0.535. The van der Waals surface area contributed by atoms with Gasteiger partial charge in [-0.2, -0.15) is 10.1 Å². The Labute approximate surface area is 81.9 Å². The third kappa shape index (κ3) is 1.72. The van der Waals surface area contributed by atoms with Crippen LogP contribution in [0.3, 0.4) is 0 Å². The van der Waals surface area contributed by atoms with Crippen molar-refractivity contribution >= 4 is 17.4 Å². The normalized spacial score (nSPS) is 22.3. The highest BCUT2D eigenvalue weighted by atomic mass is 35.5. The van der Waals surface area contributed by atoms with Crippen molar-refractivity contribution in [2.75, 3.05) is 11.4 Å². The number of rotatable bonds is 1. The molecule has 70 valence electrons. The van der Waals surface area contributed by atoms with Crippen molar-refractivity contribution in [3.63, 3.8) is 0 Å². The molecule has 5 heteroatoms. The zero-order valence-electron chi connectivity index (χ0n) is 7.44. The summed E-state index contributed by atoms with van der Waals surface area (Å²) in [7, 11) is 0. The quantitative estimate of drug-likeness (QED) is 0.686. The van der Waals surface area contributed by atoms with Crippen LogP contribution in [0.2, 0.25) is 5.28 Å². The van der Waals surface area contributed by atoms with E-state index in [2.05, 4.69) is 27.0 Å². The van der Waals surface area contributed by atoms with E-state index in [9.17, 15) is 0 Å². The minimum absolute atomic E-state index is 0.219. The largest absolute Gasteiger partial charge is 0.352 e. The summed E-state index contributed by atoms with van der Waals surface area (Å²) in [5.41, 5.74) is 0. The van der Waals surface area contributed by atoms with Crippen LogP contribution < -0.4 is 4.90 Å². The molecule has 2 heterocycles. The van der Waals surface area contributed by atoms with E-state index in [1.807, 2.05) is 0 Å². The van der Waals surface area contributed by atoms with Crippen molar-refractivity contribution in [2.45, 2.75) is 25.8 Å². The Balaban J connectivity index is 2.24. The third-order valence-corrected chi connectivity index (χ3v) is 2.53. The first-order chi connectivity index (χ1) is 6.27. The lowest BCUT2D eigenvalue weighted by Crippen LogP contribution is -2.27. The van der Waals surface area contributed by atoms with Gasteiger partial charge < -0.3 is 4.90 Å². The predicted molar refractivity (Wildman–Crippen MR) is 50.9 cm³/mol. The summed E-state index contributed by atoms with van der Waals surface area (Å²) in [5, 5.41) is 7.61. The number of hydrogen-bond donors (Lipinski definition) is 0. The molecule has 1 unspecified atom stereocenters. The molecule has 1 atom stereocenters. The molecule has 1 fully saturated rings. The maximum absolute atomic E-state index is 5.66. The van der Waals surface area contributed by atoms with Crippen LogP contribution in [0.5, 0.6) is 0 Å². The molecule has 1 aliphatic heterocycles. The van der Waals surface area contributed by atoms with E-state index in [-0.39, 0.29) is 5.28 Å². The Morgan fingerprint density at radius 2 is 2.46 bits per heavy atom. The average Bonchev–Trinajstić information content (AvgIpc) is 2.51. The highest BCUT2D eigenvalue weighted by Crippen LogP contribution is 2.22. The first kappa shape index (κ1) is 8.69. The second-order valence-corrected chi connectivity index (χ2v) is 3.61. The standard InChI is InChI=1S/C8H11ClN4/c1-6-3-2-4-13(6)7-5-10-12-8(9)11-7/h5-6H,2-4H2,1H3. The summed E-state index contributed by atoms with van der Waals surface area (Å²) in [6.45, 7) is 3.22. The van der Waals surface area contributed by atoms with E-state index in [1.54, 1.807) is 6.20 Å². The molecule has 4 nitrogen and oxygen atoms in total. The van der Waals surface area contributed by atoms with Crippen LogP contribution in [-0.4, -0.2) is 27.8 Å². The van der Waals surface area contributed by atoms with Gasteiger partial charge in [-0.25, -0.2) is 0 Å². The van der Waals surface area contributed by atoms with Crippen molar-refractivity contribution in [3.05, 3.63) is 11.5 Å². The number of anilines is 1. The molecule has 0 saturated carbocycles. The number of hydrogen-bond acceptors (Lipinski definition) is 4. The number of aromatic nitrogens is 3. The van der Waals surface area contributed by atoms with Crippen molar-refractivity contribution in [1.82, 2.24) is 15.2 Å². The average molecular weight is 199 g/mol. The zero-order chi connectivity index (χ0) is 9.26. The topological polar surface area (TPSA) is 41.9 Å². The molecule has 0 bridgehead atoms. The van der Waals surface area contributed by atoms with Gasteiger partial charge in [-0.1, -0.05) is 0 Å². The minimum Gasteiger partial charge on any atom is -0.352 e. The number of nitrogens with zero attached hydrogens (tertiary/aromatic N) is 4. The van der Waals surface area contributed by atoms with Crippen molar-refractivity contribution < 1.29 is 0 Å². The van der Waals surface area contributed by atoms with Gasteiger partial charge in [-0.3, -0.25) is 0 Å². The smallest absolute Gasteiger partial charge is 0.244 e. The fourth-order valence-electron chi connectivity index (χ4n) is 1.69. The van der Waals surface area contributed by atoms with Crippen molar-refractivity contribution in [3.8, 4) is 0 Å². The highest BCUT2D eigenvalue weighted by Gasteiger charge is 2.21. The van der Waals surface area contributed by atoms with Crippen molar-refractivity contribution in [2.24, 2.45) is 0 Å². The molecule has 0 amide bonds. The lowest BCUT2D eigenvalue weighted by Gasteiger charge is -2.21. The molecule has 0 N–H and O–H groups in total. The summed E-state index contributed by atoms with van der Waals surface area (Å²) in [5.74, 6) is 0.838. The monoisotopic (exact) mass is 198 g/mol. The lowest BCUT2D eigenvalue weighted by atomic mass is 10.2. The van der Waals surface area contributed by atoms with Gasteiger partial charge in [-0.15, -0.1) is 5.10 Å². The Kier molecular flexibility index (Phi) is 2.31. The van der Waals surface area contributed by atoms with Gasteiger partial charge in [0.1, 0.15) is 0 Å². The van der Waals surface area contributed by atoms with Crippen LogP contribution in [-0.2, 0) is 0 Å². The van der Waals surface area contributed by atoms with E-state index in [0.29, 0.717) is 6.04 Å². The molecule has 2 rings (SSSR count). The van der Waals surface area contributed by atoms with Gasteiger partial charge in [0, 0.05) is 12.6 Å². The van der Waals surface area contributed by atoms with Crippen LogP contribution in [0.1, 0.15) is 19.8 Å². The fraction of sp³-hybridized carbons (Fsp3) is 0.625. The Morgan fingerprint density at radius 1 is 1.62 bits per heavy atom. The van der Waals surface area contributed by atoms with E-state index in [1.165, 1.54) is 12.8 Å². The zero-order valence-corrected chi connectivity index (χ0v) is 8.20. The summed E-state index contributed by atoms with van der Waals surface area (Å²) in [6.07, 6.45) is 4.08. The van der Waals surface area contributed by atoms with E-state index >= 15 is 0 Å². The Morgan fingerprint density at radius 3 is 3.08 bits per heavy atom. The first-order valence-corrected chi connectivity index (χ1v) is 4.77. The lowest BCUT2D eigenvalue weighted by molar-refractivity contribution is 0.721. The summed E-state index contributed by atoms with van der Waals surface area (Å²) < 4.78 is 0. The molecule has 1 aromatic rings. The van der Waals surface area contributed by atoms with Gasteiger partial charge in [0.15, 0.2) is 5.82 Å². The molecular weight excluding hydrogens is 188 g/mol. The van der Waals surface area contributed by atoms with E-state index in [0.717, 1.165) is 12.4 Å². The van der Waals surface area contributed by atoms with Crippen LogP contribution in [0, 0.1) is 0 Å². The van der Waals surface area contributed by atoms with Crippen LogP contribution >= 0.6 is 11.6 Å². The highest BCUT2D eigenvalue weighted by molar-refractivity contribution is 6.28. The van der Waals surface area contributed by atoms with Crippen molar-refractivity contribution in [1.29, 1.82) is 0 Å². The van der Waals surface area contributed by atoms with Crippen LogP contribution in [0.15, 0.2) is 6.20 Å². The molecule has 0 aliphatic carbocycles. The first-order valence-electron chi connectivity index (χ1n) is 4.39. The minimum atomic E-state index is 0.219. The Hall–Kier alpha value is -0.900. The van der Waals surface area contributed by atoms with Gasteiger partial charge in [0.2, 0.25) is 5.28 Å². The summed E-state index contributed by atoms with van der Waals surface area (Å²) in [4.78, 5) is 6.33. The summed E-state index contributed by atoms with van der Waals surface area (Å²) >= 11 is 5.66. The second-order valence-electron chi connectivity index (χ2n) is 3.27. The SMILES string of the molecule is CC1CCCN1c1cnnc(Cl)n1. The fourth-order valence-corrected chi connectivity index (χ4v) is 1.82. The molecule has 1 aromatic heterocycles. The van der Waals surface area contributed by atoms with Gasteiger partial charge in [-0.05, 0) is 31.4 Å². The van der Waals surface area contributed by atoms with Crippen LogP contribution in [0.25, 0.3) is 0 Å². The van der Waals surface area contributed by atoms with Gasteiger partial charge in [0.25, 0.3) is 0 Å². The maximum atomic E-state index is 5.66. The number of halogens is 1. The third-order valence-electron chi connectivity index (χ3n) is 2.37. The Bertz CT molecular complexity index is 304. The predicted octanol–water partition coefficient (Wildman–Crippen LogP) is 1.51. The van der Waals surface area contributed by atoms with Gasteiger partial charge >= 0.3 is 0 Å². The van der Waals surface area contributed by atoms with E-state index in [4.69, 9.17) is 11.6 Å². The molecule has 1 saturated heterocycles. The van der Waals surface area contributed by atoms with E-state index < -0.39 is 0 Å². The van der Waals surface area contributed by atoms with Crippen LogP contribution in [0.4, 0.5) is 5.82 Å². The molecule has 0 radical (unpaired) electrons. The molecular formula is C8H11ClN4. The second kappa shape index (κ2) is 3.46. The van der Waals surface area contributed by atoms with Gasteiger partial charge in [0.05, 0.1) is 6.20 Å². The molecule has 0 spiro atoms. The molecule has 0 aromatic carbocycles. The maximum Gasteiger partial charge on any atom is 0.244 e. The molecule has 13 heavy (non-hydrogen) atoms.